The summed E-state index contributed by atoms with van der Waals surface area (Å²) in [4.78, 5) is 8.15. The van der Waals surface area contributed by atoms with Crippen LogP contribution in [0, 0.1) is 6.57 Å². The number of rotatable bonds is 4. The third-order valence-corrected chi connectivity index (χ3v) is 3.34. The summed E-state index contributed by atoms with van der Waals surface area (Å²) in [6.45, 7) is 12.5. The van der Waals surface area contributed by atoms with E-state index in [1.807, 2.05) is 12.1 Å². The minimum Gasteiger partial charge on any atom is -0.497 e. The topological polar surface area (TPSA) is 20.1 Å². The Hall–Kier alpha value is -1.73. The van der Waals surface area contributed by atoms with E-state index in [-0.39, 0.29) is 0 Å². The molecule has 0 aliphatic carbocycles. The van der Waals surface area contributed by atoms with Crippen LogP contribution in [0.3, 0.4) is 0 Å². The fraction of sp³-hybridized carbons (Fsp3) is 0.500. The predicted molar refractivity (Wildman–Crippen MR) is 73.1 cm³/mol. The molecule has 0 aromatic heterocycles. The SMILES string of the molecule is [C-]#[N+]CCN1CCN(c2ccc(OC)cc2)CC1. The molecule has 1 fully saturated rings. The number of hydrogen-bond acceptors (Lipinski definition) is 3. The molecule has 0 radical (unpaired) electrons. The molecule has 2 rings (SSSR count). The first-order chi connectivity index (χ1) is 8.83. The minimum absolute atomic E-state index is 0.614. The quantitative estimate of drug-likeness (QED) is 0.754. The highest BCUT2D eigenvalue weighted by Crippen LogP contribution is 2.20. The van der Waals surface area contributed by atoms with Crippen LogP contribution in [0.15, 0.2) is 24.3 Å². The first-order valence-electron chi connectivity index (χ1n) is 6.28. The van der Waals surface area contributed by atoms with Crippen molar-refractivity contribution in [2.45, 2.75) is 0 Å². The molecule has 96 valence electrons. The van der Waals surface area contributed by atoms with Gasteiger partial charge in [0.2, 0.25) is 6.54 Å². The van der Waals surface area contributed by atoms with E-state index in [0.29, 0.717) is 6.54 Å². The molecule has 0 amide bonds. The van der Waals surface area contributed by atoms with E-state index >= 15 is 0 Å². The zero-order valence-corrected chi connectivity index (χ0v) is 10.8. The Morgan fingerprint density at radius 3 is 2.39 bits per heavy atom. The van der Waals surface area contributed by atoms with Gasteiger partial charge in [-0.25, -0.2) is 6.57 Å². The molecular formula is C14H19N3O. The molecule has 1 aromatic rings. The van der Waals surface area contributed by atoms with Crippen LogP contribution in [0.2, 0.25) is 0 Å². The lowest BCUT2D eigenvalue weighted by molar-refractivity contribution is 0.269. The molecule has 1 aromatic carbocycles. The Morgan fingerprint density at radius 2 is 1.83 bits per heavy atom. The molecule has 18 heavy (non-hydrogen) atoms. The van der Waals surface area contributed by atoms with Crippen molar-refractivity contribution in [3.05, 3.63) is 35.7 Å². The van der Waals surface area contributed by atoms with Crippen LogP contribution in [0.25, 0.3) is 4.85 Å². The second-order valence-corrected chi connectivity index (χ2v) is 4.41. The van der Waals surface area contributed by atoms with Gasteiger partial charge in [0.05, 0.1) is 13.7 Å². The van der Waals surface area contributed by atoms with Crippen LogP contribution in [-0.2, 0) is 0 Å². The molecule has 0 saturated carbocycles. The van der Waals surface area contributed by atoms with Crippen LogP contribution in [0.5, 0.6) is 5.75 Å². The Morgan fingerprint density at radius 1 is 1.17 bits per heavy atom. The van der Waals surface area contributed by atoms with E-state index in [9.17, 15) is 0 Å². The largest absolute Gasteiger partial charge is 0.497 e. The second-order valence-electron chi connectivity index (χ2n) is 4.41. The molecular weight excluding hydrogens is 226 g/mol. The maximum absolute atomic E-state index is 6.81. The van der Waals surface area contributed by atoms with Crippen molar-refractivity contribution < 1.29 is 4.74 Å². The van der Waals surface area contributed by atoms with Gasteiger partial charge in [0, 0.05) is 31.9 Å². The lowest BCUT2D eigenvalue weighted by Crippen LogP contribution is -2.47. The molecule has 1 aliphatic heterocycles. The van der Waals surface area contributed by atoms with Crippen molar-refractivity contribution in [1.29, 1.82) is 0 Å². The number of ether oxygens (including phenoxy) is 1. The predicted octanol–water partition coefficient (Wildman–Crippen LogP) is 1.74. The van der Waals surface area contributed by atoms with Gasteiger partial charge in [-0.3, -0.25) is 4.90 Å². The number of hydrogen-bond donors (Lipinski definition) is 0. The van der Waals surface area contributed by atoms with Gasteiger partial charge in [-0.15, -0.1) is 0 Å². The lowest BCUT2D eigenvalue weighted by atomic mass is 10.2. The van der Waals surface area contributed by atoms with Crippen LogP contribution < -0.4 is 9.64 Å². The summed E-state index contributed by atoms with van der Waals surface area (Å²) in [5, 5.41) is 0. The van der Waals surface area contributed by atoms with Crippen molar-refractivity contribution in [2.24, 2.45) is 0 Å². The van der Waals surface area contributed by atoms with Crippen LogP contribution in [0.1, 0.15) is 0 Å². The minimum atomic E-state index is 0.614. The third-order valence-electron chi connectivity index (χ3n) is 3.34. The average molecular weight is 245 g/mol. The fourth-order valence-corrected chi connectivity index (χ4v) is 2.21. The van der Waals surface area contributed by atoms with Crippen molar-refractivity contribution in [2.75, 3.05) is 51.3 Å². The molecule has 0 spiro atoms. The van der Waals surface area contributed by atoms with E-state index in [2.05, 4.69) is 26.8 Å². The monoisotopic (exact) mass is 245 g/mol. The summed E-state index contributed by atoms with van der Waals surface area (Å²) in [7, 11) is 1.69. The summed E-state index contributed by atoms with van der Waals surface area (Å²) >= 11 is 0. The molecule has 0 N–H and O–H groups in total. The molecule has 1 heterocycles. The zero-order valence-electron chi connectivity index (χ0n) is 10.8. The first-order valence-corrected chi connectivity index (χ1v) is 6.28. The van der Waals surface area contributed by atoms with E-state index in [1.165, 1.54) is 5.69 Å². The van der Waals surface area contributed by atoms with Crippen LogP contribution in [0.4, 0.5) is 5.69 Å². The standard InChI is InChI=1S/C14H19N3O/c1-15-7-8-16-9-11-17(12-10-16)13-3-5-14(18-2)6-4-13/h3-6H,7-12H2,2H3. The molecule has 4 nitrogen and oxygen atoms in total. The maximum atomic E-state index is 6.81. The highest BCUT2D eigenvalue weighted by Gasteiger charge is 2.17. The van der Waals surface area contributed by atoms with Gasteiger partial charge in [-0.05, 0) is 24.3 Å². The number of piperazine rings is 1. The lowest BCUT2D eigenvalue weighted by Gasteiger charge is -2.35. The Bertz CT molecular complexity index is 402. The normalized spacial score (nSPS) is 16.3. The Balaban J connectivity index is 1.87. The highest BCUT2D eigenvalue weighted by molar-refractivity contribution is 5.49. The fourth-order valence-electron chi connectivity index (χ4n) is 2.21. The molecule has 1 aliphatic rings. The van der Waals surface area contributed by atoms with Gasteiger partial charge in [-0.2, -0.15) is 0 Å². The van der Waals surface area contributed by atoms with Gasteiger partial charge >= 0.3 is 0 Å². The van der Waals surface area contributed by atoms with Gasteiger partial charge < -0.3 is 14.5 Å². The van der Waals surface area contributed by atoms with Crippen molar-refractivity contribution in [3.8, 4) is 5.75 Å². The van der Waals surface area contributed by atoms with E-state index < -0.39 is 0 Å². The average Bonchev–Trinajstić information content (AvgIpc) is 2.46. The summed E-state index contributed by atoms with van der Waals surface area (Å²) < 4.78 is 5.16. The number of nitrogens with zero attached hydrogens (tertiary/aromatic N) is 3. The number of benzene rings is 1. The smallest absolute Gasteiger partial charge is 0.227 e. The second kappa shape index (κ2) is 6.27. The number of methoxy groups -OCH3 is 1. The molecule has 0 bridgehead atoms. The van der Waals surface area contributed by atoms with Crippen molar-refractivity contribution >= 4 is 5.69 Å². The highest BCUT2D eigenvalue weighted by atomic mass is 16.5. The third kappa shape index (κ3) is 3.14. The Kier molecular flexibility index (Phi) is 4.43. The van der Waals surface area contributed by atoms with E-state index in [1.54, 1.807) is 7.11 Å². The summed E-state index contributed by atoms with van der Waals surface area (Å²) in [5.74, 6) is 0.898. The summed E-state index contributed by atoms with van der Waals surface area (Å²) in [6, 6.07) is 8.21. The molecule has 1 saturated heterocycles. The molecule has 0 unspecified atom stereocenters. The van der Waals surface area contributed by atoms with Crippen LogP contribution >= 0.6 is 0 Å². The van der Waals surface area contributed by atoms with E-state index in [4.69, 9.17) is 11.3 Å². The van der Waals surface area contributed by atoms with Gasteiger partial charge in [0.1, 0.15) is 5.75 Å². The summed E-state index contributed by atoms with van der Waals surface area (Å²) in [5.41, 5.74) is 1.25. The summed E-state index contributed by atoms with van der Waals surface area (Å²) in [6.07, 6.45) is 0. The molecule has 0 atom stereocenters. The first kappa shape index (κ1) is 12.7. The van der Waals surface area contributed by atoms with Crippen LogP contribution in [-0.4, -0.2) is 51.3 Å². The van der Waals surface area contributed by atoms with Gasteiger partial charge in [0.25, 0.3) is 0 Å². The maximum Gasteiger partial charge on any atom is 0.227 e. The Labute approximate surface area is 109 Å². The van der Waals surface area contributed by atoms with Gasteiger partial charge in [0.15, 0.2) is 0 Å². The number of anilines is 1. The van der Waals surface area contributed by atoms with Gasteiger partial charge in [-0.1, -0.05) is 0 Å². The van der Waals surface area contributed by atoms with Crippen molar-refractivity contribution in [1.82, 2.24) is 4.90 Å². The van der Waals surface area contributed by atoms with Crippen molar-refractivity contribution in [3.63, 3.8) is 0 Å². The van der Waals surface area contributed by atoms with E-state index in [0.717, 1.165) is 38.5 Å². The molecule has 4 heteroatoms. The zero-order chi connectivity index (χ0) is 12.8.